The third-order valence-electron chi connectivity index (χ3n) is 3.70. The number of sulfonamides is 1. The van der Waals surface area contributed by atoms with Gasteiger partial charge in [0.05, 0.1) is 16.8 Å². The lowest BCUT2D eigenvalue weighted by molar-refractivity contribution is 0.0140. The van der Waals surface area contributed by atoms with Gasteiger partial charge >= 0.3 is 5.92 Å². The first-order valence-electron chi connectivity index (χ1n) is 8.01. The van der Waals surface area contributed by atoms with Gasteiger partial charge in [-0.2, -0.15) is 8.78 Å². The molecule has 1 heterocycles. The zero-order valence-electron chi connectivity index (χ0n) is 15.2. The van der Waals surface area contributed by atoms with E-state index in [1.165, 1.54) is 42.4 Å². The van der Waals surface area contributed by atoms with Crippen molar-refractivity contribution in [2.45, 2.75) is 17.7 Å². The van der Waals surface area contributed by atoms with Gasteiger partial charge in [0, 0.05) is 25.1 Å². The fourth-order valence-electron chi connectivity index (χ4n) is 2.19. The van der Waals surface area contributed by atoms with Gasteiger partial charge in [0.2, 0.25) is 10.0 Å². The summed E-state index contributed by atoms with van der Waals surface area (Å²) in [5, 5.41) is 5.03. The SMILES string of the molecule is Cc1ccnc(C=N/C(=C\N(C)c2ccc(S(N)(=O)=O)cc2)C(F)(F)CF)c1. The normalized spacial score (nSPS) is 13.1. The van der Waals surface area contributed by atoms with Crippen LogP contribution < -0.4 is 10.0 Å². The second kappa shape index (κ2) is 8.53. The van der Waals surface area contributed by atoms with Gasteiger partial charge in [-0.15, -0.1) is 0 Å². The van der Waals surface area contributed by atoms with Crippen LogP contribution in [0.2, 0.25) is 0 Å². The van der Waals surface area contributed by atoms with Crippen LogP contribution in [0.5, 0.6) is 0 Å². The molecule has 10 heteroatoms. The lowest BCUT2D eigenvalue weighted by Gasteiger charge is -2.19. The first-order valence-corrected chi connectivity index (χ1v) is 9.56. The van der Waals surface area contributed by atoms with Gasteiger partial charge in [-0.05, 0) is 48.9 Å². The zero-order valence-corrected chi connectivity index (χ0v) is 16.0. The minimum absolute atomic E-state index is 0.119. The second-order valence-electron chi connectivity index (χ2n) is 6.02. The molecule has 2 aromatic rings. The maximum Gasteiger partial charge on any atom is 0.318 e. The molecule has 0 atom stereocenters. The Morgan fingerprint density at radius 1 is 1.29 bits per heavy atom. The van der Waals surface area contributed by atoms with Crippen molar-refractivity contribution < 1.29 is 21.6 Å². The van der Waals surface area contributed by atoms with Crippen LogP contribution in [-0.2, 0) is 10.0 Å². The van der Waals surface area contributed by atoms with Crippen LogP contribution in [0.25, 0.3) is 0 Å². The Balaban J connectivity index is 2.36. The van der Waals surface area contributed by atoms with Crippen molar-refractivity contribution in [1.82, 2.24) is 4.98 Å². The van der Waals surface area contributed by atoms with Crippen LogP contribution in [0.3, 0.4) is 0 Å². The highest BCUT2D eigenvalue weighted by atomic mass is 32.2. The molecule has 0 unspecified atom stereocenters. The van der Waals surface area contributed by atoms with Crippen LogP contribution in [-0.4, -0.2) is 39.3 Å². The number of alkyl halides is 3. The average molecular weight is 412 g/mol. The standard InChI is InChI=1S/C18H19F3N4O2S/c1-13-7-8-23-14(9-13)10-24-17(18(20,21)12-19)11-25(2)15-3-5-16(6-4-15)28(22,26)27/h3-11H,12H2,1-2H3,(H2,22,26,27)/b17-11-,24-10?. The van der Waals surface area contributed by atoms with E-state index in [2.05, 4.69) is 9.98 Å². The molecule has 0 saturated carbocycles. The number of anilines is 1. The molecule has 2 rings (SSSR count). The molecular formula is C18H19F3N4O2S. The molecule has 6 nitrogen and oxygen atoms in total. The molecule has 0 radical (unpaired) electrons. The first kappa shape index (κ1) is 21.6. The van der Waals surface area contributed by atoms with Crippen LogP contribution in [0.1, 0.15) is 11.3 Å². The molecule has 28 heavy (non-hydrogen) atoms. The number of aryl methyl sites for hydroxylation is 1. The monoisotopic (exact) mass is 412 g/mol. The highest BCUT2D eigenvalue weighted by molar-refractivity contribution is 7.89. The Hall–Kier alpha value is -2.72. The summed E-state index contributed by atoms with van der Waals surface area (Å²) in [5.74, 6) is -3.81. The van der Waals surface area contributed by atoms with Crippen molar-refractivity contribution >= 4 is 21.9 Å². The van der Waals surface area contributed by atoms with E-state index in [1.54, 1.807) is 12.1 Å². The van der Waals surface area contributed by atoms with Gasteiger partial charge in [0.15, 0.2) is 6.67 Å². The Bertz CT molecular complexity index is 990. The molecular weight excluding hydrogens is 393 g/mol. The minimum atomic E-state index is -3.87. The first-order chi connectivity index (χ1) is 13.0. The molecule has 0 amide bonds. The Kier molecular flexibility index (Phi) is 6.57. The molecule has 0 fully saturated rings. The molecule has 2 N–H and O–H groups in total. The lowest BCUT2D eigenvalue weighted by atomic mass is 10.2. The van der Waals surface area contributed by atoms with Crippen LogP contribution in [0.4, 0.5) is 18.9 Å². The van der Waals surface area contributed by atoms with Crippen molar-refractivity contribution in [1.29, 1.82) is 0 Å². The van der Waals surface area contributed by atoms with Gasteiger partial charge in [-0.3, -0.25) is 9.98 Å². The van der Waals surface area contributed by atoms with Crippen molar-refractivity contribution in [2.24, 2.45) is 10.1 Å². The molecule has 0 aliphatic heterocycles. The lowest BCUT2D eigenvalue weighted by Crippen LogP contribution is -2.24. The van der Waals surface area contributed by atoms with Crippen molar-refractivity contribution in [3.05, 3.63) is 65.7 Å². The summed E-state index contributed by atoms with van der Waals surface area (Å²) in [4.78, 5) is 8.87. The number of aliphatic imine (C=N–C) groups is 1. The number of hydrogen-bond acceptors (Lipinski definition) is 5. The van der Waals surface area contributed by atoms with E-state index in [1.807, 2.05) is 6.92 Å². The quantitative estimate of drug-likeness (QED) is 0.708. The molecule has 0 aliphatic rings. The molecule has 0 bridgehead atoms. The van der Waals surface area contributed by atoms with Gasteiger partial charge in [0.25, 0.3) is 0 Å². The van der Waals surface area contributed by atoms with E-state index in [4.69, 9.17) is 5.14 Å². The second-order valence-corrected chi connectivity index (χ2v) is 7.58. The number of aromatic nitrogens is 1. The number of halogens is 3. The summed E-state index contributed by atoms with van der Waals surface area (Å²) in [6.07, 6.45) is 3.60. The molecule has 0 saturated heterocycles. The highest BCUT2D eigenvalue weighted by Gasteiger charge is 2.35. The smallest absolute Gasteiger partial charge is 0.318 e. The van der Waals surface area contributed by atoms with E-state index in [0.717, 1.165) is 18.0 Å². The average Bonchev–Trinajstić information content (AvgIpc) is 2.64. The number of primary sulfonamides is 1. The zero-order chi connectivity index (χ0) is 20.9. The topological polar surface area (TPSA) is 88.7 Å². The molecule has 1 aromatic heterocycles. The van der Waals surface area contributed by atoms with E-state index < -0.39 is 28.3 Å². The Morgan fingerprint density at radius 2 is 1.93 bits per heavy atom. The van der Waals surface area contributed by atoms with Crippen LogP contribution in [0, 0.1) is 6.92 Å². The number of allylic oxidation sites excluding steroid dienone is 1. The number of nitrogens with zero attached hydrogens (tertiary/aromatic N) is 3. The maximum absolute atomic E-state index is 14.0. The maximum atomic E-state index is 14.0. The molecule has 0 spiro atoms. The number of pyridine rings is 1. The van der Waals surface area contributed by atoms with Gasteiger partial charge in [-0.1, -0.05) is 0 Å². The van der Waals surface area contributed by atoms with Crippen LogP contribution in [0.15, 0.2) is 64.4 Å². The van der Waals surface area contributed by atoms with Crippen molar-refractivity contribution in [3.8, 4) is 0 Å². The molecule has 0 aliphatic carbocycles. The molecule has 1 aromatic carbocycles. The number of nitrogens with two attached hydrogens (primary N) is 1. The summed E-state index contributed by atoms with van der Waals surface area (Å²) in [6, 6.07) is 8.62. The number of rotatable bonds is 7. The van der Waals surface area contributed by atoms with Gasteiger partial charge in [0.1, 0.15) is 5.70 Å². The van der Waals surface area contributed by atoms with Crippen LogP contribution >= 0.6 is 0 Å². The summed E-state index contributed by atoms with van der Waals surface area (Å²) < 4.78 is 63.4. The van der Waals surface area contributed by atoms with E-state index in [9.17, 15) is 21.6 Å². The minimum Gasteiger partial charge on any atom is -0.349 e. The van der Waals surface area contributed by atoms with Gasteiger partial charge in [-0.25, -0.2) is 17.9 Å². The van der Waals surface area contributed by atoms with E-state index in [0.29, 0.717) is 11.4 Å². The summed E-state index contributed by atoms with van der Waals surface area (Å²) in [7, 11) is -2.43. The predicted molar refractivity (Wildman–Crippen MR) is 102 cm³/mol. The van der Waals surface area contributed by atoms with Gasteiger partial charge < -0.3 is 4.90 Å². The number of hydrogen-bond donors (Lipinski definition) is 1. The largest absolute Gasteiger partial charge is 0.349 e. The third-order valence-corrected chi connectivity index (χ3v) is 4.63. The van der Waals surface area contributed by atoms with E-state index >= 15 is 0 Å². The Morgan fingerprint density at radius 3 is 2.46 bits per heavy atom. The fraction of sp³-hybridized carbons (Fsp3) is 0.222. The summed E-state index contributed by atoms with van der Waals surface area (Å²) >= 11 is 0. The summed E-state index contributed by atoms with van der Waals surface area (Å²) in [5.41, 5.74) is 0.784. The van der Waals surface area contributed by atoms with Crippen molar-refractivity contribution in [2.75, 3.05) is 18.6 Å². The Labute approximate surface area is 161 Å². The number of benzene rings is 1. The summed E-state index contributed by atoms with van der Waals surface area (Å²) in [6.45, 7) is -0.111. The predicted octanol–water partition coefficient (Wildman–Crippen LogP) is 3.04. The highest BCUT2D eigenvalue weighted by Crippen LogP contribution is 2.27. The van der Waals surface area contributed by atoms with Crippen molar-refractivity contribution in [3.63, 3.8) is 0 Å². The van der Waals surface area contributed by atoms with E-state index in [-0.39, 0.29) is 4.90 Å². The third kappa shape index (κ3) is 5.64. The fourth-order valence-corrected chi connectivity index (χ4v) is 2.70. The molecule has 150 valence electrons.